The minimum absolute atomic E-state index is 0.299. The molecule has 0 amide bonds. The van der Waals surface area contributed by atoms with Crippen molar-refractivity contribution in [2.45, 2.75) is 13.8 Å². The number of nitrogens with two attached hydrogens (primary N) is 1. The van der Waals surface area contributed by atoms with Crippen LogP contribution >= 0.6 is 0 Å². The molecule has 108 valence electrons. The van der Waals surface area contributed by atoms with Gasteiger partial charge in [0, 0.05) is 0 Å². The predicted molar refractivity (Wildman–Crippen MR) is 81.3 cm³/mol. The van der Waals surface area contributed by atoms with Crippen LogP contribution < -0.4 is 10.5 Å². The van der Waals surface area contributed by atoms with E-state index >= 15 is 0 Å². The monoisotopic (exact) mass is 285 g/mol. The Morgan fingerprint density at radius 2 is 2.10 bits per heavy atom. The van der Waals surface area contributed by atoms with Crippen molar-refractivity contribution in [2.75, 3.05) is 12.3 Å². The van der Waals surface area contributed by atoms with Gasteiger partial charge in [-0.15, -0.1) is 0 Å². The highest BCUT2D eigenvalue weighted by Gasteiger charge is 2.14. The minimum Gasteiger partial charge on any atom is -0.492 e. The van der Waals surface area contributed by atoms with Gasteiger partial charge < -0.3 is 10.5 Å². The normalized spacial score (nSPS) is 11.0. The summed E-state index contributed by atoms with van der Waals surface area (Å²) in [5.74, 6) is 0.683. The third-order valence-corrected chi connectivity index (χ3v) is 3.26. The summed E-state index contributed by atoms with van der Waals surface area (Å²) < 4.78 is 20.9. The van der Waals surface area contributed by atoms with E-state index < -0.39 is 0 Å². The smallest absolute Gasteiger partial charge is 0.206 e. The average Bonchev–Trinajstić information content (AvgIpc) is 2.75. The van der Waals surface area contributed by atoms with Crippen LogP contribution in [-0.2, 0) is 0 Å². The second-order valence-electron chi connectivity index (χ2n) is 4.85. The summed E-state index contributed by atoms with van der Waals surface area (Å²) in [6, 6.07) is 10.4. The van der Waals surface area contributed by atoms with Gasteiger partial charge in [0.05, 0.1) is 17.8 Å². The first-order valence-corrected chi connectivity index (χ1v) is 6.77. The lowest BCUT2D eigenvalue weighted by Crippen LogP contribution is -2.01. The van der Waals surface area contributed by atoms with E-state index in [0.717, 1.165) is 11.1 Å². The molecule has 0 spiro atoms. The maximum Gasteiger partial charge on any atom is 0.206 e. The summed E-state index contributed by atoms with van der Waals surface area (Å²) in [5.41, 5.74) is 8.98. The molecule has 0 saturated carbocycles. The Bertz CT molecular complexity index is 790. The van der Waals surface area contributed by atoms with Crippen LogP contribution in [0.5, 0.6) is 5.75 Å². The fourth-order valence-electron chi connectivity index (χ4n) is 2.48. The van der Waals surface area contributed by atoms with Crippen LogP contribution in [0.15, 0.2) is 36.4 Å². The molecule has 0 aliphatic carbocycles. The van der Waals surface area contributed by atoms with Crippen LogP contribution in [0.1, 0.15) is 12.5 Å². The molecule has 2 aromatic carbocycles. The number of halogens is 1. The summed E-state index contributed by atoms with van der Waals surface area (Å²) in [5, 5.41) is 0. The van der Waals surface area contributed by atoms with Gasteiger partial charge in [0.15, 0.2) is 0 Å². The zero-order valence-corrected chi connectivity index (χ0v) is 11.9. The first-order chi connectivity index (χ1) is 10.1. The largest absolute Gasteiger partial charge is 0.492 e. The number of imidazole rings is 1. The van der Waals surface area contributed by atoms with E-state index in [-0.39, 0.29) is 5.82 Å². The highest BCUT2D eigenvalue weighted by atomic mass is 19.1. The molecule has 2 N–H and O–H groups in total. The number of nitrogen functional groups attached to an aromatic ring is 1. The lowest BCUT2D eigenvalue weighted by atomic mass is 10.2. The lowest BCUT2D eigenvalue weighted by molar-refractivity contribution is 0.344. The van der Waals surface area contributed by atoms with Crippen molar-refractivity contribution in [1.29, 1.82) is 0 Å². The molecule has 0 fully saturated rings. The Labute approximate surface area is 122 Å². The molecule has 5 heteroatoms. The Kier molecular flexibility index (Phi) is 3.25. The second-order valence-corrected chi connectivity index (χ2v) is 4.85. The standard InChI is InChI=1S/C16H16FN3O/c1-3-21-14-6-4-5-13-15(14)19-16(18)20(13)12-8-10(2)7-11(17)9-12/h4-9H,3H2,1-2H3,(H2,18,19). The van der Waals surface area contributed by atoms with Gasteiger partial charge >= 0.3 is 0 Å². The van der Waals surface area contributed by atoms with Gasteiger partial charge in [-0.3, -0.25) is 4.57 Å². The first kappa shape index (κ1) is 13.4. The number of fused-ring (bicyclic) bond motifs is 1. The number of hydrogen-bond donors (Lipinski definition) is 1. The van der Waals surface area contributed by atoms with Gasteiger partial charge in [-0.25, -0.2) is 9.37 Å². The Morgan fingerprint density at radius 1 is 1.29 bits per heavy atom. The van der Waals surface area contributed by atoms with Crippen LogP contribution in [0.4, 0.5) is 10.3 Å². The van der Waals surface area contributed by atoms with Gasteiger partial charge in [0.2, 0.25) is 5.95 Å². The molecule has 0 radical (unpaired) electrons. The van der Waals surface area contributed by atoms with Crippen molar-refractivity contribution in [2.24, 2.45) is 0 Å². The van der Waals surface area contributed by atoms with Gasteiger partial charge in [-0.2, -0.15) is 0 Å². The number of nitrogens with zero attached hydrogens (tertiary/aromatic N) is 2. The molecular weight excluding hydrogens is 269 g/mol. The van der Waals surface area contributed by atoms with E-state index in [9.17, 15) is 4.39 Å². The van der Waals surface area contributed by atoms with Crippen molar-refractivity contribution in [3.63, 3.8) is 0 Å². The molecule has 21 heavy (non-hydrogen) atoms. The molecule has 0 aliphatic rings. The average molecular weight is 285 g/mol. The maximum atomic E-state index is 13.7. The molecular formula is C16H16FN3O. The molecule has 1 aromatic heterocycles. The van der Waals surface area contributed by atoms with Crippen LogP contribution in [-0.4, -0.2) is 16.2 Å². The number of rotatable bonds is 3. The zero-order valence-electron chi connectivity index (χ0n) is 11.9. The van der Waals surface area contributed by atoms with E-state index in [0.29, 0.717) is 29.5 Å². The van der Waals surface area contributed by atoms with Crippen molar-refractivity contribution in [3.8, 4) is 11.4 Å². The van der Waals surface area contributed by atoms with Gasteiger partial charge in [0.1, 0.15) is 17.1 Å². The molecule has 0 atom stereocenters. The van der Waals surface area contributed by atoms with Crippen LogP contribution in [0.3, 0.4) is 0 Å². The Balaban J connectivity index is 2.27. The van der Waals surface area contributed by atoms with Crippen LogP contribution in [0, 0.1) is 12.7 Å². The van der Waals surface area contributed by atoms with E-state index in [1.54, 1.807) is 4.57 Å². The molecule has 0 unspecified atom stereocenters. The maximum absolute atomic E-state index is 13.7. The first-order valence-electron chi connectivity index (χ1n) is 6.77. The highest BCUT2D eigenvalue weighted by molar-refractivity contribution is 5.86. The summed E-state index contributed by atoms with van der Waals surface area (Å²) >= 11 is 0. The molecule has 0 saturated heterocycles. The van der Waals surface area contributed by atoms with E-state index in [4.69, 9.17) is 10.5 Å². The molecule has 0 aliphatic heterocycles. The predicted octanol–water partition coefficient (Wildman–Crippen LogP) is 3.45. The Morgan fingerprint density at radius 3 is 2.81 bits per heavy atom. The van der Waals surface area contributed by atoms with Crippen molar-refractivity contribution in [1.82, 2.24) is 9.55 Å². The molecule has 3 rings (SSSR count). The minimum atomic E-state index is -0.299. The number of hydrogen-bond acceptors (Lipinski definition) is 3. The zero-order chi connectivity index (χ0) is 15.0. The molecule has 3 aromatic rings. The highest BCUT2D eigenvalue weighted by Crippen LogP contribution is 2.30. The summed E-state index contributed by atoms with van der Waals surface area (Å²) in [7, 11) is 0. The third kappa shape index (κ3) is 2.31. The van der Waals surface area contributed by atoms with Crippen LogP contribution in [0.25, 0.3) is 16.7 Å². The van der Waals surface area contributed by atoms with Crippen molar-refractivity contribution >= 4 is 17.0 Å². The van der Waals surface area contributed by atoms with Gasteiger partial charge in [-0.1, -0.05) is 6.07 Å². The van der Waals surface area contributed by atoms with Gasteiger partial charge in [-0.05, 0) is 49.7 Å². The fourth-order valence-corrected chi connectivity index (χ4v) is 2.48. The fraction of sp³-hybridized carbons (Fsp3) is 0.188. The molecule has 0 bridgehead atoms. The SMILES string of the molecule is CCOc1cccc2c1nc(N)n2-c1cc(C)cc(F)c1. The number of aryl methyl sites for hydroxylation is 1. The lowest BCUT2D eigenvalue weighted by Gasteiger charge is -2.08. The van der Waals surface area contributed by atoms with Crippen molar-refractivity contribution in [3.05, 3.63) is 47.8 Å². The summed E-state index contributed by atoms with van der Waals surface area (Å²) in [4.78, 5) is 4.36. The number of aromatic nitrogens is 2. The van der Waals surface area contributed by atoms with E-state index in [1.807, 2.05) is 38.1 Å². The number of benzene rings is 2. The number of ether oxygens (including phenoxy) is 1. The van der Waals surface area contributed by atoms with Crippen LogP contribution in [0.2, 0.25) is 0 Å². The van der Waals surface area contributed by atoms with E-state index in [1.165, 1.54) is 12.1 Å². The molecule has 1 heterocycles. The van der Waals surface area contributed by atoms with E-state index in [2.05, 4.69) is 4.98 Å². The summed E-state index contributed by atoms with van der Waals surface area (Å²) in [6.45, 7) is 4.30. The molecule has 4 nitrogen and oxygen atoms in total. The second kappa shape index (κ2) is 5.09. The third-order valence-electron chi connectivity index (χ3n) is 3.26. The number of para-hydroxylation sites is 1. The summed E-state index contributed by atoms with van der Waals surface area (Å²) in [6.07, 6.45) is 0. The van der Waals surface area contributed by atoms with Gasteiger partial charge in [0.25, 0.3) is 0 Å². The quantitative estimate of drug-likeness (QED) is 0.802. The van der Waals surface area contributed by atoms with Crippen molar-refractivity contribution < 1.29 is 9.13 Å². The Hall–Kier alpha value is -2.56. The number of anilines is 1. The topological polar surface area (TPSA) is 53.1 Å².